The number of aromatic nitrogens is 3. The van der Waals surface area contributed by atoms with Gasteiger partial charge in [-0.2, -0.15) is 0 Å². The monoisotopic (exact) mass is 211 g/mol. The van der Waals surface area contributed by atoms with Gasteiger partial charge in [0, 0.05) is 6.20 Å². The van der Waals surface area contributed by atoms with Crippen LogP contribution in [0.4, 0.5) is 0 Å². The normalized spacial score (nSPS) is 10.7. The smallest absolute Gasteiger partial charge is 0.218 e. The van der Waals surface area contributed by atoms with Crippen molar-refractivity contribution >= 4 is 21.6 Å². The van der Waals surface area contributed by atoms with Crippen molar-refractivity contribution in [3.8, 4) is 0 Å². The van der Waals surface area contributed by atoms with Crippen LogP contribution < -0.4 is 0 Å². The summed E-state index contributed by atoms with van der Waals surface area (Å²) >= 11 is 3.21. The van der Waals surface area contributed by atoms with Gasteiger partial charge in [-0.05, 0) is 40.5 Å². The van der Waals surface area contributed by atoms with E-state index in [9.17, 15) is 0 Å². The number of pyridine rings is 1. The van der Waals surface area contributed by atoms with Crippen molar-refractivity contribution in [2.24, 2.45) is 0 Å². The van der Waals surface area contributed by atoms with Crippen molar-refractivity contribution in [2.75, 3.05) is 0 Å². The van der Waals surface area contributed by atoms with E-state index in [1.165, 1.54) is 5.56 Å². The van der Waals surface area contributed by atoms with Crippen LogP contribution in [0.3, 0.4) is 0 Å². The average Bonchev–Trinajstić information content (AvgIpc) is 2.27. The standard InChI is InChI=1S/C7H6BrN3/c1-5-2-3-11-6(4-5)9-7(8)10-11/h2-4H,1H3. The number of aryl methyl sites for hydroxylation is 1. The summed E-state index contributed by atoms with van der Waals surface area (Å²) in [6.07, 6.45) is 1.89. The highest BCUT2D eigenvalue weighted by Gasteiger charge is 1.97. The maximum atomic E-state index is 4.14. The number of hydrogen-bond acceptors (Lipinski definition) is 2. The van der Waals surface area contributed by atoms with E-state index in [-0.39, 0.29) is 0 Å². The number of rotatable bonds is 0. The fraction of sp³-hybridized carbons (Fsp3) is 0.143. The predicted molar refractivity (Wildman–Crippen MR) is 45.4 cm³/mol. The van der Waals surface area contributed by atoms with Crippen LogP contribution in [0.15, 0.2) is 23.1 Å². The van der Waals surface area contributed by atoms with Gasteiger partial charge in [-0.3, -0.25) is 0 Å². The first kappa shape index (κ1) is 6.79. The Morgan fingerprint density at radius 1 is 1.55 bits per heavy atom. The van der Waals surface area contributed by atoms with E-state index in [4.69, 9.17) is 0 Å². The van der Waals surface area contributed by atoms with Crippen molar-refractivity contribution < 1.29 is 0 Å². The Bertz CT molecular complexity index is 393. The quantitative estimate of drug-likeness (QED) is 0.666. The van der Waals surface area contributed by atoms with Gasteiger partial charge in [0.1, 0.15) is 0 Å². The third kappa shape index (κ3) is 1.14. The summed E-state index contributed by atoms with van der Waals surface area (Å²) in [5, 5.41) is 4.08. The van der Waals surface area contributed by atoms with E-state index in [0.29, 0.717) is 4.73 Å². The molecule has 2 rings (SSSR count). The van der Waals surface area contributed by atoms with Crippen LogP contribution in [-0.2, 0) is 0 Å². The summed E-state index contributed by atoms with van der Waals surface area (Å²) < 4.78 is 2.36. The molecule has 2 heterocycles. The maximum absolute atomic E-state index is 4.14. The number of halogens is 1. The first-order valence-corrected chi connectivity index (χ1v) is 4.03. The average molecular weight is 212 g/mol. The lowest BCUT2D eigenvalue weighted by atomic mass is 10.3. The molecular formula is C7H6BrN3. The topological polar surface area (TPSA) is 30.2 Å². The van der Waals surface area contributed by atoms with Gasteiger partial charge in [-0.25, -0.2) is 9.50 Å². The minimum Gasteiger partial charge on any atom is -0.220 e. The van der Waals surface area contributed by atoms with E-state index >= 15 is 0 Å². The van der Waals surface area contributed by atoms with Crippen molar-refractivity contribution in [1.82, 2.24) is 14.6 Å². The molecule has 0 N–H and O–H groups in total. The largest absolute Gasteiger partial charge is 0.220 e. The van der Waals surface area contributed by atoms with Gasteiger partial charge in [0.2, 0.25) is 4.73 Å². The molecule has 2 aromatic rings. The van der Waals surface area contributed by atoms with Gasteiger partial charge in [0.05, 0.1) is 0 Å². The second-order valence-corrected chi connectivity index (χ2v) is 3.10. The van der Waals surface area contributed by atoms with Crippen LogP contribution in [0.25, 0.3) is 5.65 Å². The Labute approximate surface area is 72.2 Å². The third-order valence-corrected chi connectivity index (χ3v) is 1.80. The molecule has 0 radical (unpaired) electrons. The van der Waals surface area contributed by atoms with Crippen LogP contribution in [0.1, 0.15) is 5.56 Å². The first-order valence-electron chi connectivity index (χ1n) is 3.24. The van der Waals surface area contributed by atoms with Crippen LogP contribution in [0.2, 0.25) is 0 Å². The molecule has 4 heteroatoms. The lowest BCUT2D eigenvalue weighted by Gasteiger charge is -1.90. The summed E-state index contributed by atoms with van der Waals surface area (Å²) in [7, 11) is 0. The molecule has 0 spiro atoms. The molecule has 56 valence electrons. The van der Waals surface area contributed by atoms with Crippen molar-refractivity contribution in [3.05, 3.63) is 28.6 Å². The molecule has 0 saturated carbocycles. The summed E-state index contributed by atoms with van der Waals surface area (Å²) in [4.78, 5) is 4.14. The molecule has 0 amide bonds. The molecule has 0 bridgehead atoms. The van der Waals surface area contributed by atoms with Gasteiger partial charge in [0.25, 0.3) is 0 Å². The summed E-state index contributed by atoms with van der Waals surface area (Å²) in [6.45, 7) is 2.03. The first-order chi connectivity index (χ1) is 5.25. The lowest BCUT2D eigenvalue weighted by Crippen LogP contribution is -1.85. The van der Waals surface area contributed by atoms with E-state index < -0.39 is 0 Å². The number of nitrogens with zero attached hydrogens (tertiary/aromatic N) is 3. The van der Waals surface area contributed by atoms with Gasteiger partial charge < -0.3 is 0 Å². The molecule has 0 aliphatic rings. The highest BCUT2D eigenvalue weighted by Crippen LogP contribution is 2.07. The van der Waals surface area contributed by atoms with E-state index in [1.807, 2.05) is 25.3 Å². The van der Waals surface area contributed by atoms with Crippen molar-refractivity contribution in [2.45, 2.75) is 6.92 Å². The maximum Gasteiger partial charge on any atom is 0.218 e. The van der Waals surface area contributed by atoms with Crippen LogP contribution in [0, 0.1) is 6.92 Å². The third-order valence-electron chi connectivity index (χ3n) is 1.47. The number of fused-ring (bicyclic) bond motifs is 1. The summed E-state index contributed by atoms with van der Waals surface area (Å²) in [5.74, 6) is 0. The Kier molecular flexibility index (Phi) is 1.42. The minimum atomic E-state index is 0.628. The molecule has 0 fully saturated rings. The van der Waals surface area contributed by atoms with Gasteiger partial charge in [0.15, 0.2) is 5.65 Å². The fourth-order valence-electron chi connectivity index (χ4n) is 0.956. The van der Waals surface area contributed by atoms with Gasteiger partial charge in [-0.1, -0.05) is 0 Å². The Morgan fingerprint density at radius 3 is 3.18 bits per heavy atom. The molecule has 0 aliphatic carbocycles. The van der Waals surface area contributed by atoms with E-state index in [2.05, 4.69) is 26.0 Å². The zero-order chi connectivity index (χ0) is 7.84. The molecule has 0 aromatic carbocycles. The second-order valence-electron chi connectivity index (χ2n) is 2.39. The van der Waals surface area contributed by atoms with E-state index in [1.54, 1.807) is 4.52 Å². The van der Waals surface area contributed by atoms with E-state index in [0.717, 1.165) is 5.65 Å². The molecule has 3 nitrogen and oxygen atoms in total. The molecule has 11 heavy (non-hydrogen) atoms. The zero-order valence-electron chi connectivity index (χ0n) is 5.95. The molecular weight excluding hydrogens is 206 g/mol. The zero-order valence-corrected chi connectivity index (χ0v) is 7.54. The molecule has 0 aliphatic heterocycles. The van der Waals surface area contributed by atoms with Gasteiger partial charge in [-0.15, -0.1) is 5.10 Å². The summed E-state index contributed by atoms with van der Waals surface area (Å²) in [6, 6.07) is 3.98. The van der Waals surface area contributed by atoms with Crippen LogP contribution >= 0.6 is 15.9 Å². The van der Waals surface area contributed by atoms with Crippen molar-refractivity contribution in [3.63, 3.8) is 0 Å². The van der Waals surface area contributed by atoms with Gasteiger partial charge >= 0.3 is 0 Å². The Hall–Kier alpha value is -0.900. The molecule has 2 aromatic heterocycles. The minimum absolute atomic E-state index is 0.628. The molecule has 0 unspecified atom stereocenters. The fourth-order valence-corrected chi connectivity index (χ4v) is 1.31. The SMILES string of the molecule is Cc1ccn2nc(Br)nc2c1. The predicted octanol–water partition coefficient (Wildman–Crippen LogP) is 1.80. The Morgan fingerprint density at radius 2 is 2.36 bits per heavy atom. The van der Waals surface area contributed by atoms with Crippen LogP contribution in [0.5, 0.6) is 0 Å². The highest BCUT2D eigenvalue weighted by molar-refractivity contribution is 9.10. The Balaban J connectivity index is 2.82. The molecule has 0 saturated heterocycles. The lowest BCUT2D eigenvalue weighted by molar-refractivity contribution is 0.943. The second kappa shape index (κ2) is 2.30. The number of hydrogen-bond donors (Lipinski definition) is 0. The summed E-state index contributed by atoms with van der Waals surface area (Å²) in [5.41, 5.74) is 2.06. The highest BCUT2D eigenvalue weighted by atomic mass is 79.9. The van der Waals surface area contributed by atoms with Crippen LogP contribution in [-0.4, -0.2) is 14.6 Å². The molecule has 0 atom stereocenters. The van der Waals surface area contributed by atoms with Crippen molar-refractivity contribution in [1.29, 1.82) is 0 Å².